The first-order valence-electron chi connectivity index (χ1n) is 11.0. The van der Waals surface area contributed by atoms with Gasteiger partial charge < -0.3 is 10.1 Å². The summed E-state index contributed by atoms with van der Waals surface area (Å²) in [5.74, 6) is 0.755. The predicted molar refractivity (Wildman–Crippen MR) is 121 cm³/mol. The molecule has 0 spiro atoms. The standard InChI is InChI=1S/C25H30N4O2/c1-31-23-12-10-21(11-13-23)24(28-14-6-3-7-15-28)17-26-25(30)22-16-27-29(19-22)18-20-8-4-2-5-9-20/h2,4-5,8-13,16,19,24H,3,6-7,14-15,17-18H2,1H3,(H,26,30)/t24-/m1/s1. The number of aromatic nitrogens is 2. The molecular formula is C25H30N4O2. The molecule has 0 radical (unpaired) electrons. The van der Waals surface area contributed by atoms with Gasteiger partial charge in [-0.2, -0.15) is 5.10 Å². The minimum Gasteiger partial charge on any atom is -0.497 e. The topological polar surface area (TPSA) is 59.4 Å². The van der Waals surface area contributed by atoms with E-state index in [2.05, 4.69) is 39.6 Å². The first-order chi connectivity index (χ1) is 15.2. The third kappa shape index (κ3) is 5.52. The van der Waals surface area contributed by atoms with E-state index < -0.39 is 0 Å². The number of ether oxygens (including phenoxy) is 1. The third-order valence-electron chi connectivity index (χ3n) is 5.87. The molecule has 0 bridgehead atoms. The summed E-state index contributed by atoms with van der Waals surface area (Å²) in [6.45, 7) is 3.33. The number of rotatable bonds is 8. The van der Waals surface area contributed by atoms with Gasteiger partial charge >= 0.3 is 0 Å². The zero-order chi connectivity index (χ0) is 21.5. The molecule has 1 atom stereocenters. The lowest BCUT2D eigenvalue weighted by Gasteiger charge is -2.35. The zero-order valence-electron chi connectivity index (χ0n) is 18.0. The lowest BCUT2D eigenvalue weighted by atomic mass is 10.0. The fraction of sp³-hybridized carbons (Fsp3) is 0.360. The number of likely N-dealkylation sites (tertiary alicyclic amines) is 1. The van der Waals surface area contributed by atoms with E-state index >= 15 is 0 Å². The highest BCUT2D eigenvalue weighted by Gasteiger charge is 2.23. The normalized spacial score (nSPS) is 15.4. The first kappa shape index (κ1) is 21.1. The highest BCUT2D eigenvalue weighted by molar-refractivity contribution is 5.93. The number of carbonyl (C=O) groups is 1. The van der Waals surface area contributed by atoms with Crippen molar-refractivity contribution in [2.75, 3.05) is 26.7 Å². The van der Waals surface area contributed by atoms with Crippen molar-refractivity contribution in [1.29, 1.82) is 0 Å². The Kier molecular flexibility index (Phi) is 6.99. The Morgan fingerprint density at radius 2 is 1.81 bits per heavy atom. The molecule has 2 aromatic carbocycles. The van der Waals surface area contributed by atoms with Crippen molar-refractivity contribution in [1.82, 2.24) is 20.0 Å². The number of carbonyl (C=O) groups excluding carboxylic acids is 1. The van der Waals surface area contributed by atoms with Crippen molar-refractivity contribution in [3.05, 3.63) is 83.7 Å². The average molecular weight is 419 g/mol. The lowest BCUT2D eigenvalue weighted by molar-refractivity contribution is 0.0924. The van der Waals surface area contributed by atoms with Gasteiger partial charge in [0, 0.05) is 12.7 Å². The van der Waals surface area contributed by atoms with Crippen LogP contribution in [0.4, 0.5) is 0 Å². The van der Waals surface area contributed by atoms with E-state index in [1.54, 1.807) is 18.0 Å². The van der Waals surface area contributed by atoms with E-state index in [0.717, 1.165) is 24.4 Å². The average Bonchev–Trinajstić information content (AvgIpc) is 3.29. The Labute approximate surface area is 183 Å². The maximum absolute atomic E-state index is 12.8. The molecule has 6 nitrogen and oxygen atoms in total. The van der Waals surface area contributed by atoms with E-state index in [0.29, 0.717) is 18.7 Å². The second-order valence-corrected chi connectivity index (χ2v) is 8.01. The number of hydrogen-bond acceptors (Lipinski definition) is 4. The van der Waals surface area contributed by atoms with Crippen LogP contribution in [0.5, 0.6) is 5.75 Å². The van der Waals surface area contributed by atoms with E-state index in [4.69, 9.17) is 4.74 Å². The largest absolute Gasteiger partial charge is 0.497 e. The van der Waals surface area contributed by atoms with Crippen LogP contribution in [0.15, 0.2) is 67.0 Å². The van der Waals surface area contributed by atoms with Crippen molar-refractivity contribution in [2.45, 2.75) is 31.8 Å². The van der Waals surface area contributed by atoms with Crippen LogP contribution in [0.2, 0.25) is 0 Å². The van der Waals surface area contributed by atoms with Crippen LogP contribution in [0.3, 0.4) is 0 Å². The quantitative estimate of drug-likeness (QED) is 0.603. The van der Waals surface area contributed by atoms with E-state index in [1.807, 2.05) is 36.5 Å². The molecule has 162 valence electrons. The van der Waals surface area contributed by atoms with Gasteiger partial charge in [0.1, 0.15) is 5.75 Å². The molecule has 3 aromatic rings. The van der Waals surface area contributed by atoms with E-state index in [1.165, 1.54) is 24.8 Å². The number of nitrogens with zero attached hydrogens (tertiary/aromatic N) is 3. The molecule has 0 saturated carbocycles. The molecular weight excluding hydrogens is 388 g/mol. The summed E-state index contributed by atoms with van der Waals surface area (Å²) in [5, 5.41) is 7.49. The van der Waals surface area contributed by atoms with E-state index in [9.17, 15) is 4.79 Å². The smallest absolute Gasteiger partial charge is 0.254 e. The Morgan fingerprint density at radius 1 is 1.06 bits per heavy atom. The van der Waals surface area contributed by atoms with Gasteiger partial charge in [0.05, 0.1) is 31.5 Å². The summed E-state index contributed by atoms with van der Waals surface area (Å²) in [4.78, 5) is 15.3. The summed E-state index contributed by atoms with van der Waals surface area (Å²) in [6, 6.07) is 18.4. The number of hydrogen-bond donors (Lipinski definition) is 1. The van der Waals surface area contributed by atoms with Gasteiger partial charge in [-0.1, -0.05) is 48.9 Å². The molecule has 1 N–H and O–H groups in total. The first-order valence-corrected chi connectivity index (χ1v) is 11.0. The second kappa shape index (κ2) is 10.3. The van der Waals surface area contributed by atoms with Crippen LogP contribution < -0.4 is 10.1 Å². The van der Waals surface area contributed by atoms with Gasteiger partial charge in [-0.25, -0.2) is 0 Å². The molecule has 0 unspecified atom stereocenters. The van der Waals surface area contributed by atoms with Crippen molar-refractivity contribution in [3.8, 4) is 5.75 Å². The van der Waals surface area contributed by atoms with Crippen LogP contribution in [-0.4, -0.2) is 47.3 Å². The van der Waals surface area contributed by atoms with Crippen LogP contribution in [0, 0.1) is 0 Å². The van der Waals surface area contributed by atoms with Gasteiger partial charge in [-0.15, -0.1) is 0 Å². The maximum atomic E-state index is 12.8. The Bertz CT molecular complexity index is 963. The number of benzene rings is 2. The summed E-state index contributed by atoms with van der Waals surface area (Å²) < 4.78 is 7.10. The monoisotopic (exact) mass is 418 g/mol. The van der Waals surface area contributed by atoms with Gasteiger partial charge in [0.15, 0.2) is 0 Å². The van der Waals surface area contributed by atoms with Crippen LogP contribution in [-0.2, 0) is 6.54 Å². The Balaban J connectivity index is 1.42. The molecule has 31 heavy (non-hydrogen) atoms. The minimum absolute atomic E-state index is 0.0881. The maximum Gasteiger partial charge on any atom is 0.254 e. The predicted octanol–water partition coefficient (Wildman–Crippen LogP) is 3.90. The van der Waals surface area contributed by atoms with Crippen LogP contribution in [0.25, 0.3) is 0 Å². The summed E-state index contributed by atoms with van der Waals surface area (Å²) in [7, 11) is 1.68. The molecule has 4 rings (SSSR count). The van der Waals surface area contributed by atoms with Crippen molar-refractivity contribution < 1.29 is 9.53 Å². The van der Waals surface area contributed by atoms with Crippen molar-refractivity contribution >= 4 is 5.91 Å². The third-order valence-corrected chi connectivity index (χ3v) is 5.87. The SMILES string of the molecule is COc1ccc([C@@H](CNC(=O)c2cnn(Cc3ccccc3)c2)N2CCCCC2)cc1. The summed E-state index contributed by atoms with van der Waals surface area (Å²) in [6.07, 6.45) is 7.13. The molecule has 1 aromatic heterocycles. The number of methoxy groups -OCH3 is 1. The van der Waals surface area contributed by atoms with Gasteiger partial charge in [0.2, 0.25) is 0 Å². The molecule has 6 heteroatoms. The van der Waals surface area contributed by atoms with Crippen molar-refractivity contribution in [3.63, 3.8) is 0 Å². The Hall–Kier alpha value is -3.12. The summed E-state index contributed by atoms with van der Waals surface area (Å²) in [5.41, 5.74) is 2.94. The molecule has 1 fully saturated rings. The van der Waals surface area contributed by atoms with Gasteiger partial charge in [0.25, 0.3) is 5.91 Å². The number of amides is 1. The fourth-order valence-electron chi connectivity index (χ4n) is 4.14. The van der Waals surface area contributed by atoms with Crippen LogP contribution >= 0.6 is 0 Å². The zero-order valence-corrected chi connectivity index (χ0v) is 18.0. The minimum atomic E-state index is -0.0881. The lowest BCUT2D eigenvalue weighted by Crippen LogP contribution is -2.40. The van der Waals surface area contributed by atoms with Gasteiger partial charge in [-0.3, -0.25) is 14.4 Å². The number of piperidine rings is 1. The fourth-order valence-corrected chi connectivity index (χ4v) is 4.14. The molecule has 1 aliphatic rings. The summed E-state index contributed by atoms with van der Waals surface area (Å²) >= 11 is 0. The van der Waals surface area contributed by atoms with E-state index in [-0.39, 0.29) is 11.9 Å². The van der Waals surface area contributed by atoms with Gasteiger partial charge in [-0.05, 0) is 49.2 Å². The Morgan fingerprint density at radius 3 is 2.52 bits per heavy atom. The molecule has 1 saturated heterocycles. The second-order valence-electron chi connectivity index (χ2n) is 8.01. The van der Waals surface area contributed by atoms with Crippen molar-refractivity contribution in [2.24, 2.45) is 0 Å². The molecule has 1 aliphatic heterocycles. The highest BCUT2D eigenvalue weighted by Crippen LogP contribution is 2.26. The highest BCUT2D eigenvalue weighted by atomic mass is 16.5. The molecule has 0 aliphatic carbocycles. The number of nitrogens with one attached hydrogen (secondary N) is 1. The van der Waals surface area contributed by atoms with Crippen LogP contribution in [0.1, 0.15) is 46.8 Å². The molecule has 1 amide bonds. The molecule has 2 heterocycles.